The summed E-state index contributed by atoms with van der Waals surface area (Å²) >= 11 is 0. The number of Topliss-reactive ketones (excluding diaryl/α,β-unsaturated/α-hetero) is 1. The van der Waals surface area contributed by atoms with Crippen LogP contribution in [0.15, 0.2) is 115 Å². The lowest BCUT2D eigenvalue weighted by atomic mass is 9.84. The van der Waals surface area contributed by atoms with Crippen molar-refractivity contribution in [3.63, 3.8) is 0 Å². The normalized spacial score (nSPS) is 15.5. The van der Waals surface area contributed by atoms with E-state index in [1.807, 2.05) is 49.7 Å². The van der Waals surface area contributed by atoms with Crippen molar-refractivity contribution in [1.29, 1.82) is 0 Å². The van der Waals surface area contributed by atoms with E-state index in [1.54, 1.807) is 39.9 Å². The number of benzene rings is 3. The van der Waals surface area contributed by atoms with Gasteiger partial charge >= 0.3 is 0 Å². The van der Waals surface area contributed by atoms with E-state index in [1.165, 1.54) is 86.6 Å². The number of likely N-dealkylation sites (tertiary alicyclic amines) is 1. The summed E-state index contributed by atoms with van der Waals surface area (Å²) in [5, 5.41) is 51.1. The number of halogens is 1. The van der Waals surface area contributed by atoms with Crippen molar-refractivity contribution in [3.05, 3.63) is 132 Å². The van der Waals surface area contributed by atoms with E-state index in [0.717, 1.165) is 140 Å². The number of piperidine rings is 1. The first-order valence-electron chi connectivity index (χ1n) is 52.3. The Morgan fingerprint density at radius 3 is 1.30 bits per heavy atom. The Hall–Kier alpha value is -5.17. The highest BCUT2D eigenvalue weighted by atomic mass is 19.1. The van der Waals surface area contributed by atoms with Gasteiger partial charge in [0.05, 0.1) is 19.8 Å². The highest BCUT2D eigenvalue weighted by Crippen LogP contribution is 2.29. The molecule has 1 amide bonds. The number of allylic oxidation sites excluding steroid dienone is 1. The second kappa shape index (κ2) is 68.2. The molecule has 802 valence electrons. The minimum atomic E-state index is -0.691. The van der Waals surface area contributed by atoms with Gasteiger partial charge in [0.2, 0.25) is 5.91 Å². The number of hydrogen-bond acceptors (Lipinski definition) is 18. The van der Waals surface area contributed by atoms with Gasteiger partial charge in [0, 0.05) is 150 Å². The largest absolute Gasteiger partial charge is 0.497 e. The number of alkyl halides is 1. The van der Waals surface area contributed by atoms with Gasteiger partial charge in [-0.05, 0) is 425 Å². The van der Waals surface area contributed by atoms with Crippen LogP contribution in [0, 0.1) is 17.3 Å². The fourth-order valence-corrected chi connectivity index (χ4v) is 13.6. The average Bonchev–Trinajstić information content (AvgIpc) is 0.952. The molecule has 13 N–H and O–H groups in total. The molecule has 0 spiro atoms. The number of dihydropyridines is 1. The minimum Gasteiger partial charge on any atom is -0.497 e. The van der Waals surface area contributed by atoms with Crippen molar-refractivity contribution >= 4 is 11.7 Å². The Morgan fingerprint density at radius 2 is 0.905 bits per heavy atom. The predicted octanol–water partition coefficient (Wildman–Crippen LogP) is 24.4. The number of amides is 1. The molecule has 4 aliphatic rings. The first-order chi connectivity index (χ1) is 62.1. The Morgan fingerprint density at radius 1 is 0.482 bits per heavy atom. The highest BCUT2D eigenvalue weighted by Gasteiger charge is 2.31. The van der Waals surface area contributed by atoms with Gasteiger partial charge in [-0.3, -0.25) is 4.79 Å². The van der Waals surface area contributed by atoms with E-state index in [4.69, 9.17) is 9.47 Å². The lowest BCUT2D eigenvalue weighted by molar-refractivity contribution is -0.127. The molecule has 137 heavy (non-hydrogen) atoms. The van der Waals surface area contributed by atoms with E-state index < -0.39 is 11.8 Å². The number of carbonyl (C=O) groups excluding carboxylic acids is 2. The van der Waals surface area contributed by atoms with Gasteiger partial charge in [0.1, 0.15) is 23.5 Å². The molecule has 2 aliphatic carbocycles. The van der Waals surface area contributed by atoms with Gasteiger partial charge in [-0.1, -0.05) is 126 Å². The summed E-state index contributed by atoms with van der Waals surface area (Å²) in [6.07, 6.45) is 22.9. The molecule has 0 aromatic heterocycles. The zero-order valence-electron chi connectivity index (χ0n) is 98.0. The van der Waals surface area contributed by atoms with Crippen molar-refractivity contribution in [2.24, 2.45) is 17.3 Å². The molecule has 2 heterocycles. The van der Waals surface area contributed by atoms with Gasteiger partial charge in [-0.25, -0.2) is 4.39 Å². The smallest absolute Gasteiger partial charge is 0.219 e. The van der Waals surface area contributed by atoms with Gasteiger partial charge in [0.25, 0.3) is 0 Å². The van der Waals surface area contributed by atoms with Crippen LogP contribution in [0.1, 0.15) is 397 Å². The molecule has 2 aliphatic heterocycles. The molecule has 1 saturated heterocycles. The fourth-order valence-electron chi connectivity index (χ4n) is 13.6. The molecule has 0 bridgehead atoms. The third-order valence-corrected chi connectivity index (χ3v) is 21.0. The fraction of sp³-hybridized carbons (Fsp3) is 0.778. The van der Waals surface area contributed by atoms with Crippen molar-refractivity contribution in [3.8, 4) is 11.5 Å². The average molecular weight is 1930 g/mol. The van der Waals surface area contributed by atoms with Crippen LogP contribution in [0.4, 0.5) is 4.39 Å². The second-order valence-corrected chi connectivity index (χ2v) is 52.2. The Labute approximate surface area is 847 Å². The third-order valence-electron chi connectivity index (χ3n) is 21.0. The van der Waals surface area contributed by atoms with Gasteiger partial charge < -0.3 is 93.0 Å². The topological polar surface area (TPSA) is 224 Å². The Bertz CT molecular complexity index is 3550. The highest BCUT2D eigenvalue weighted by molar-refractivity contribution is 5.75. The number of aliphatic hydroxyl groups is 1. The maximum Gasteiger partial charge on any atom is 0.219 e. The molecular weight excluding hydrogens is 1700 g/mol. The molecule has 20 heteroatoms. The zero-order valence-corrected chi connectivity index (χ0v) is 98.0. The third kappa shape index (κ3) is 102. The van der Waals surface area contributed by atoms with Crippen LogP contribution < -0.4 is 73.3 Å². The Balaban J connectivity index is -0.000000712. The first-order valence-corrected chi connectivity index (χ1v) is 52.3. The van der Waals surface area contributed by atoms with E-state index in [2.05, 4.69) is 400 Å². The molecule has 19 nitrogen and oxygen atoms in total. The number of nitrogens with one attached hydrogen (secondary N) is 12. The summed E-state index contributed by atoms with van der Waals surface area (Å²) in [6, 6.07) is 26.8. The number of hydrogen-bond donors (Lipinski definition) is 13. The van der Waals surface area contributed by atoms with Gasteiger partial charge in [0.15, 0.2) is 0 Å². The summed E-state index contributed by atoms with van der Waals surface area (Å²) in [6.45, 7) is 107. The van der Waals surface area contributed by atoms with E-state index in [9.17, 15) is 19.1 Å². The summed E-state index contributed by atoms with van der Waals surface area (Å²) < 4.78 is 23.3. The number of ether oxygens (including phenoxy) is 2. The SMILES string of the molecule is C=C1C=CC(CNC(C)(C)C)=CN1.CC(=O)CCCNC(C)(C)C.CC(=O)N(C)CCCNC(C)(C)C.CC(C)(C)CNC(C)(C)C.CC(C)(C)NC(C)(C)C.CC(C)(C)NCC1(O)CCCCC1.CC(C)(C)NCC1CCCC1.CC(C)(C)NCCc1ccccc1.CC(F)CN1CCC(CNC(C)(C)C)CC1.COc1cccc(CNC(C)(C)C)c1.COc1ccccc1CNC(C)(C)C. The maximum absolute atomic E-state index is 12.8. The van der Waals surface area contributed by atoms with Crippen molar-refractivity contribution in [2.75, 3.05) is 99.8 Å². The zero-order chi connectivity index (χ0) is 107. The van der Waals surface area contributed by atoms with Crippen LogP contribution >= 0.6 is 0 Å². The number of para-hydroxylation sites is 1. The van der Waals surface area contributed by atoms with Gasteiger partial charge in [-0.15, -0.1) is 0 Å². The summed E-state index contributed by atoms with van der Waals surface area (Å²) in [7, 11) is 5.23. The lowest BCUT2D eigenvalue weighted by Crippen LogP contribution is -2.48. The van der Waals surface area contributed by atoms with Crippen LogP contribution in [0.2, 0.25) is 0 Å². The van der Waals surface area contributed by atoms with Crippen LogP contribution in [-0.4, -0.2) is 205 Å². The minimum absolute atomic E-state index is 0.118. The second-order valence-electron chi connectivity index (χ2n) is 52.2. The van der Waals surface area contributed by atoms with E-state index in [0.29, 0.717) is 23.9 Å². The number of rotatable bonds is 28. The number of β-amino-alcohol motifs (C(OH)–C–C–N with tert-alkyl or cyclic N) is 1. The lowest BCUT2D eigenvalue weighted by Gasteiger charge is -2.35. The molecule has 1 unspecified atom stereocenters. The molecule has 3 aromatic rings. The molecule has 3 aromatic carbocycles. The van der Waals surface area contributed by atoms with Crippen molar-refractivity contribution in [1.82, 2.24) is 73.6 Å². The van der Waals surface area contributed by atoms with Crippen molar-refractivity contribution in [2.45, 2.75) is 478 Å². The molecule has 2 saturated carbocycles. The number of carbonyl (C=O) groups is 2. The van der Waals surface area contributed by atoms with Crippen LogP contribution in [0.5, 0.6) is 11.5 Å². The van der Waals surface area contributed by atoms with Crippen LogP contribution in [0.25, 0.3) is 0 Å². The molecule has 7 rings (SSSR count). The predicted molar refractivity (Wildman–Crippen MR) is 601 cm³/mol. The monoisotopic (exact) mass is 1930 g/mol. The first kappa shape index (κ1) is 138. The van der Waals surface area contributed by atoms with Crippen molar-refractivity contribution < 1.29 is 28.6 Å². The van der Waals surface area contributed by atoms with E-state index in [-0.39, 0.29) is 72.6 Å². The molecule has 0 radical (unpaired) electrons. The number of nitrogens with zero attached hydrogens (tertiary/aromatic N) is 2. The number of ketones is 1. The molecule has 1 atom stereocenters. The quantitative estimate of drug-likeness (QED) is 0.0304. The standard InChI is InChI=1S/C13H27FN2.2C12H19NO.C12H19N.C11H18N2.C11H23NO.C10H22N2O.C10H21N.C9H19NO.C9H21N.C8H19N/c1-11(14)10-16-7-5-12(6-8-16)9-15-13(2,3)4;1-12(2,3)13-9-10-6-5-7-11(8-10)14-4;1-12(2,3)13-9-10-7-5-6-8-11(10)14-4;1-12(2,3)13-10-9-11-7-5-4-6-8-11;1-9-5-6-10(7-12-9)8-13-11(2,3)4;1-10(2,3)12-9-11(13)7-5-4-6-8-11;1-9(13)12(5)8-6-7-11-10(2,3)4;1-10(2,3)11-8-9-6-4-5-7-9;1-8(11)6-5-7-10-9(2,3)4;1-8(2,3)7-10-9(4,5)6;1-7(2,3)9-8(4,5)6/h11-12,15H,5-10H2,1-4H3;2*5-8,13H,9H2,1-4H3;4-8,13H,9-10H2,1-3H3;5-7,12-13H,1,8H2,2-4H3;12-13H,4-9H2,1-3H3;11H,6-8H2,1-5H3;9,11H,4-8H2,1-3H3;10H,5-7H2,1-4H3;10H,7H2,1-6H3;9H,1-6H3. The molecular formula is C117H227FN14O5. The van der Waals surface area contributed by atoms with E-state index >= 15 is 0 Å². The number of methoxy groups -OCH3 is 2. The molecule has 3 fully saturated rings. The van der Waals surface area contributed by atoms with Crippen LogP contribution in [0.3, 0.4) is 0 Å². The summed E-state index contributed by atoms with van der Waals surface area (Å²) in [5.74, 6) is 4.01. The summed E-state index contributed by atoms with van der Waals surface area (Å²) in [4.78, 5) is 25.4. The van der Waals surface area contributed by atoms with Crippen LogP contribution in [-0.2, 0) is 29.1 Å². The Kier molecular flexibility index (Phi) is 68.7. The maximum atomic E-state index is 12.8. The van der Waals surface area contributed by atoms with Gasteiger partial charge in [-0.2, -0.15) is 0 Å². The summed E-state index contributed by atoms with van der Waals surface area (Å²) in [5.41, 5.74) is 8.43.